The van der Waals surface area contributed by atoms with Crippen molar-refractivity contribution in [2.45, 2.75) is 50.8 Å². The first kappa shape index (κ1) is 14.2. The molecule has 0 aromatic rings. The van der Waals surface area contributed by atoms with Gasteiger partial charge in [-0.25, -0.2) is 8.42 Å². The zero-order valence-corrected chi connectivity index (χ0v) is 11.3. The highest BCUT2D eigenvalue weighted by Gasteiger charge is 2.28. The Balaban J connectivity index is 2.55. The molecule has 1 atom stereocenters. The monoisotopic (exact) mass is 259 g/mol. The zero-order chi connectivity index (χ0) is 12.9. The van der Waals surface area contributed by atoms with Crippen molar-refractivity contribution in [2.24, 2.45) is 0 Å². The molecule has 5 heteroatoms. The van der Waals surface area contributed by atoms with E-state index < -0.39 is 15.1 Å². The standard InChI is InChI=1S/C12H21NO3S/c1-3-4-9-17(15,16)10(2)12(14)13-11-7-5-6-8-11/h3-4,10-11H,5-9H2,1-2H3,(H,13,14)/b4-3+/t10-/m0/s1. The second-order valence-corrected chi connectivity index (χ2v) is 6.90. The number of hydrogen-bond acceptors (Lipinski definition) is 3. The molecule has 0 bridgehead atoms. The minimum atomic E-state index is -3.36. The maximum atomic E-state index is 11.8. The third-order valence-electron chi connectivity index (χ3n) is 3.17. The third kappa shape index (κ3) is 4.15. The Morgan fingerprint density at radius 1 is 1.41 bits per heavy atom. The van der Waals surface area contributed by atoms with E-state index in [2.05, 4.69) is 5.32 Å². The summed E-state index contributed by atoms with van der Waals surface area (Å²) in [4.78, 5) is 11.8. The van der Waals surface area contributed by atoms with Crippen LogP contribution in [0.5, 0.6) is 0 Å². The summed E-state index contributed by atoms with van der Waals surface area (Å²) in [5.74, 6) is -0.427. The molecule has 0 aromatic carbocycles. The van der Waals surface area contributed by atoms with E-state index in [4.69, 9.17) is 0 Å². The number of carbonyl (C=O) groups is 1. The lowest BCUT2D eigenvalue weighted by atomic mass is 10.2. The van der Waals surface area contributed by atoms with E-state index in [1.165, 1.54) is 6.92 Å². The van der Waals surface area contributed by atoms with Gasteiger partial charge in [0.05, 0.1) is 5.75 Å². The SMILES string of the molecule is C/C=C/CS(=O)(=O)[C@@H](C)C(=O)NC1CCCC1. The molecule has 98 valence electrons. The second-order valence-electron chi connectivity index (χ2n) is 4.53. The molecule has 0 spiro atoms. The van der Waals surface area contributed by atoms with E-state index in [0.29, 0.717) is 0 Å². The quantitative estimate of drug-likeness (QED) is 0.760. The first-order valence-corrected chi connectivity index (χ1v) is 7.82. The molecule has 1 aliphatic carbocycles. The van der Waals surface area contributed by atoms with Crippen LogP contribution in [0, 0.1) is 0 Å². The third-order valence-corrected chi connectivity index (χ3v) is 5.12. The molecule has 0 aromatic heterocycles. The number of nitrogens with one attached hydrogen (secondary N) is 1. The van der Waals surface area contributed by atoms with Crippen LogP contribution in [0.4, 0.5) is 0 Å². The van der Waals surface area contributed by atoms with E-state index in [9.17, 15) is 13.2 Å². The van der Waals surface area contributed by atoms with Gasteiger partial charge in [-0.2, -0.15) is 0 Å². The average molecular weight is 259 g/mol. The minimum absolute atomic E-state index is 0.0667. The molecule has 1 amide bonds. The average Bonchev–Trinajstić information content (AvgIpc) is 2.78. The number of allylic oxidation sites excluding steroid dienone is 1. The van der Waals surface area contributed by atoms with E-state index in [0.717, 1.165) is 25.7 Å². The predicted octanol–water partition coefficient (Wildman–Crippen LogP) is 1.42. The molecule has 0 heterocycles. The summed E-state index contributed by atoms with van der Waals surface area (Å²) in [5, 5.41) is 1.86. The summed E-state index contributed by atoms with van der Waals surface area (Å²) in [7, 11) is -3.36. The molecule has 0 aliphatic heterocycles. The highest BCUT2D eigenvalue weighted by molar-refractivity contribution is 7.92. The largest absolute Gasteiger partial charge is 0.352 e. The number of amides is 1. The summed E-state index contributed by atoms with van der Waals surface area (Å²) in [6, 6.07) is 0.168. The van der Waals surface area contributed by atoms with Crippen molar-refractivity contribution < 1.29 is 13.2 Å². The Kier molecular flexibility index (Phi) is 5.18. The van der Waals surface area contributed by atoms with Crippen molar-refractivity contribution in [1.82, 2.24) is 5.32 Å². The van der Waals surface area contributed by atoms with Gasteiger partial charge in [0.25, 0.3) is 0 Å². The Morgan fingerprint density at radius 3 is 2.53 bits per heavy atom. The molecule has 0 radical (unpaired) electrons. The van der Waals surface area contributed by atoms with E-state index in [-0.39, 0.29) is 17.7 Å². The van der Waals surface area contributed by atoms with Crippen LogP contribution in [-0.4, -0.2) is 31.4 Å². The van der Waals surface area contributed by atoms with E-state index in [1.807, 2.05) is 0 Å². The Bertz CT molecular complexity index is 381. The smallest absolute Gasteiger partial charge is 0.238 e. The van der Waals surface area contributed by atoms with Gasteiger partial charge >= 0.3 is 0 Å². The van der Waals surface area contributed by atoms with E-state index in [1.54, 1.807) is 19.1 Å². The minimum Gasteiger partial charge on any atom is -0.352 e. The molecule has 1 saturated carbocycles. The topological polar surface area (TPSA) is 63.2 Å². The van der Waals surface area contributed by atoms with Crippen molar-refractivity contribution in [3.63, 3.8) is 0 Å². The molecular formula is C12H21NO3S. The first-order valence-electron chi connectivity index (χ1n) is 6.10. The highest BCUT2D eigenvalue weighted by Crippen LogP contribution is 2.18. The molecule has 4 nitrogen and oxygen atoms in total. The summed E-state index contributed by atoms with van der Waals surface area (Å²) >= 11 is 0. The Labute approximate surface area is 103 Å². The van der Waals surface area contributed by atoms with Crippen molar-refractivity contribution in [1.29, 1.82) is 0 Å². The lowest BCUT2D eigenvalue weighted by molar-refractivity contribution is -0.121. The fourth-order valence-corrected chi connectivity index (χ4v) is 3.07. The maximum Gasteiger partial charge on any atom is 0.238 e. The molecule has 1 rings (SSSR count). The predicted molar refractivity (Wildman–Crippen MR) is 68.5 cm³/mol. The molecule has 0 saturated heterocycles. The van der Waals surface area contributed by atoms with Crippen LogP contribution in [0.15, 0.2) is 12.2 Å². The van der Waals surface area contributed by atoms with Crippen LogP contribution in [0.3, 0.4) is 0 Å². The molecule has 17 heavy (non-hydrogen) atoms. The van der Waals surface area contributed by atoms with Gasteiger partial charge < -0.3 is 5.32 Å². The lowest BCUT2D eigenvalue weighted by Gasteiger charge is -2.16. The van der Waals surface area contributed by atoms with Crippen LogP contribution in [0.2, 0.25) is 0 Å². The zero-order valence-electron chi connectivity index (χ0n) is 10.5. The fourth-order valence-electron chi connectivity index (χ4n) is 1.93. The van der Waals surface area contributed by atoms with Gasteiger partial charge in [0, 0.05) is 6.04 Å². The van der Waals surface area contributed by atoms with Crippen LogP contribution >= 0.6 is 0 Å². The van der Waals surface area contributed by atoms with Crippen molar-refractivity contribution in [3.8, 4) is 0 Å². The molecule has 1 fully saturated rings. The van der Waals surface area contributed by atoms with Crippen molar-refractivity contribution >= 4 is 15.7 Å². The van der Waals surface area contributed by atoms with Crippen molar-refractivity contribution in [3.05, 3.63) is 12.2 Å². The van der Waals surface area contributed by atoms with Gasteiger partial charge in [0.2, 0.25) is 5.91 Å². The molecule has 0 unspecified atom stereocenters. The fraction of sp³-hybridized carbons (Fsp3) is 0.750. The number of hydrogen-bond donors (Lipinski definition) is 1. The lowest BCUT2D eigenvalue weighted by Crippen LogP contribution is -2.42. The highest BCUT2D eigenvalue weighted by atomic mass is 32.2. The number of rotatable bonds is 5. The first-order chi connectivity index (χ1) is 7.97. The Morgan fingerprint density at radius 2 is 2.00 bits per heavy atom. The number of sulfone groups is 1. The van der Waals surface area contributed by atoms with Crippen LogP contribution in [0.25, 0.3) is 0 Å². The second kappa shape index (κ2) is 6.19. The van der Waals surface area contributed by atoms with Crippen LogP contribution in [-0.2, 0) is 14.6 Å². The normalized spacial score (nSPS) is 19.6. The maximum absolute atomic E-state index is 11.8. The molecule has 1 aliphatic rings. The van der Waals surface area contributed by atoms with Gasteiger partial charge in [-0.3, -0.25) is 4.79 Å². The van der Waals surface area contributed by atoms with Gasteiger partial charge in [-0.1, -0.05) is 25.0 Å². The molecule has 1 N–H and O–H groups in total. The summed E-state index contributed by atoms with van der Waals surface area (Å²) < 4.78 is 23.6. The van der Waals surface area contributed by atoms with Crippen LogP contribution in [0.1, 0.15) is 39.5 Å². The van der Waals surface area contributed by atoms with Gasteiger partial charge in [0.1, 0.15) is 5.25 Å². The van der Waals surface area contributed by atoms with Gasteiger partial charge in [-0.05, 0) is 26.7 Å². The van der Waals surface area contributed by atoms with Gasteiger partial charge in [-0.15, -0.1) is 0 Å². The Hall–Kier alpha value is -0.840. The van der Waals surface area contributed by atoms with E-state index >= 15 is 0 Å². The molecular weight excluding hydrogens is 238 g/mol. The number of carbonyl (C=O) groups excluding carboxylic acids is 1. The summed E-state index contributed by atoms with van der Waals surface area (Å²) in [6.45, 7) is 3.22. The summed E-state index contributed by atoms with van der Waals surface area (Å²) in [6.07, 6.45) is 7.41. The van der Waals surface area contributed by atoms with Crippen molar-refractivity contribution in [2.75, 3.05) is 5.75 Å². The van der Waals surface area contributed by atoms with Gasteiger partial charge in [0.15, 0.2) is 9.84 Å². The van der Waals surface area contributed by atoms with Crippen LogP contribution < -0.4 is 5.32 Å². The summed E-state index contributed by atoms with van der Waals surface area (Å²) in [5.41, 5.74) is 0.